The maximum atomic E-state index is 14.4. The second-order valence-corrected chi connectivity index (χ2v) is 12.4. The van der Waals surface area contributed by atoms with Gasteiger partial charge in [0.25, 0.3) is 11.8 Å². The molecular formula is C35H43F5N4O4. The number of halogens is 5. The van der Waals surface area contributed by atoms with E-state index in [1.165, 1.54) is 18.2 Å². The maximum Gasteiger partial charge on any atom is 0.416 e. The number of nitrogens with zero attached hydrogens (tertiary/aromatic N) is 1. The molecule has 1 saturated carbocycles. The molecule has 5 N–H and O–H groups in total. The van der Waals surface area contributed by atoms with Crippen LogP contribution < -0.4 is 16.0 Å². The molecule has 0 bridgehead atoms. The van der Waals surface area contributed by atoms with E-state index in [4.69, 9.17) is 0 Å². The summed E-state index contributed by atoms with van der Waals surface area (Å²) >= 11 is 0. The molecule has 48 heavy (non-hydrogen) atoms. The Bertz CT molecular complexity index is 1480. The van der Waals surface area contributed by atoms with Gasteiger partial charge >= 0.3 is 6.18 Å². The number of nitrogens with one attached hydrogen (secondary N) is 3. The minimum Gasteiger partial charge on any atom is -0.389 e. The van der Waals surface area contributed by atoms with Gasteiger partial charge in [0.15, 0.2) is 0 Å². The van der Waals surface area contributed by atoms with Crippen molar-refractivity contribution in [2.24, 2.45) is 0 Å². The molecule has 0 spiro atoms. The number of alkyl halides is 3. The third kappa shape index (κ3) is 9.20. The van der Waals surface area contributed by atoms with Crippen molar-refractivity contribution in [2.75, 3.05) is 19.6 Å². The van der Waals surface area contributed by atoms with Crippen molar-refractivity contribution < 1.29 is 41.8 Å². The molecule has 1 heterocycles. The molecule has 0 radical (unpaired) electrons. The van der Waals surface area contributed by atoms with Crippen LogP contribution in [0.1, 0.15) is 81.5 Å². The number of hydrogen-bond acceptors (Lipinski definition) is 6. The average Bonchev–Trinajstić information content (AvgIpc) is 3.05. The normalized spacial score (nSPS) is 19.0. The van der Waals surface area contributed by atoms with Crippen LogP contribution in [-0.4, -0.2) is 58.9 Å². The molecule has 0 saturated heterocycles. The average molecular weight is 679 g/mol. The lowest BCUT2D eigenvalue weighted by atomic mass is 9.76. The fourth-order valence-electron chi connectivity index (χ4n) is 6.43. The summed E-state index contributed by atoms with van der Waals surface area (Å²) in [6.45, 7) is 4.51. The number of benzene rings is 2. The first kappa shape index (κ1) is 37.0. The third-order valence-corrected chi connectivity index (χ3v) is 8.72. The highest BCUT2D eigenvalue weighted by molar-refractivity contribution is 6.01. The third-order valence-electron chi connectivity index (χ3n) is 8.72. The van der Waals surface area contributed by atoms with Gasteiger partial charge in [-0.3, -0.25) is 9.59 Å². The predicted octanol–water partition coefficient (Wildman–Crippen LogP) is 5.33. The van der Waals surface area contributed by atoms with Gasteiger partial charge < -0.3 is 31.1 Å². The summed E-state index contributed by atoms with van der Waals surface area (Å²) in [5.41, 5.74) is -1.57. The van der Waals surface area contributed by atoms with E-state index >= 15 is 0 Å². The van der Waals surface area contributed by atoms with Crippen molar-refractivity contribution in [3.8, 4) is 0 Å². The van der Waals surface area contributed by atoms with Gasteiger partial charge in [0.1, 0.15) is 23.6 Å². The molecule has 2 amide bonds. The van der Waals surface area contributed by atoms with Crippen molar-refractivity contribution in [1.82, 2.24) is 20.9 Å². The molecule has 2 aliphatic rings. The second-order valence-electron chi connectivity index (χ2n) is 12.4. The molecule has 262 valence electrons. The minimum absolute atomic E-state index is 0.0733. The Kier molecular flexibility index (Phi) is 12.4. The molecule has 1 fully saturated rings. The zero-order valence-corrected chi connectivity index (χ0v) is 27.0. The van der Waals surface area contributed by atoms with Crippen molar-refractivity contribution in [3.63, 3.8) is 0 Å². The van der Waals surface area contributed by atoms with Crippen molar-refractivity contribution in [1.29, 1.82) is 0 Å². The molecule has 13 heteroatoms. The molecule has 1 aliphatic carbocycles. The van der Waals surface area contributed by atoms with E-state index in [9.17, 15) is 41.8 Å². The number of carbonyl (C=O) groups is 2. The van der Waals surface area contributed by atoms with E-state index < -0.39 is 53.2 Å². The molecule has 3 atom stereocenters. The highest BCUT2D eigenvalue weighted by atomic mass is 19.4. The van der Waals surface area contributed by atoms with E-state index in [2.05, 4.69) is 16.0 Å². The second kappa shape index (κ2) is 16.1. The van der Waals surface area contributed by atoms with Gasteiger partial charge in [0, 0.05) is 36.8 Å². The topological polar surface area (TPSA) is 114 Å². The fourth-order valence-corrected chi connectivity index (χ4v) is 6.43. The summed E-state index contributed by atoms with van der Waals surface area (Å²) in [6, 6.07) is 6.17. The van der Waals surface area contributed by atoms with Crippen LogP contribution >= 0.6 is 0 Å². The smallest absolute Gasteiger partial charge is 0.389 e. The number of rotatable bonds is 13. The van der Waals surface area contributed by atoms with E-state index in [0.29, 0.717) is 50.4 Å². The zero-order chi connectivity index (χ0) is 35.1. The van der Waals surface area contributed by atoms with Crippen LogP contribution in [0.25, 0.3) is 0 Å². The van der Waals surface area contributed by atoms with Crippen LogP contribution in [0.15, 0.2) is 65.9 Å². The Morgan fingerprint density at radius 2 is 1.67 bits per heavy atom. The highest BCUT2D eigenvalue weighted by Gasteiger charge is 2.38. The van der Waals surface area contributed by atoms with Gasteiger partial charge in [-0.2, -0.15) is 13.2 Å². The summed E-state index contributed by atoms with van der Waals surface area (Å²) < 4.78 is 69.6. The molecule has 8 nitrogen and oxygen atoms in total. The van der Waals surface area contributed by atoms with Gasteiger partial charge in [-0.1, -0.05) is 45.2 Å². The number of aliphatic hydroxyl groups excluding tert-OH is 2. The lowest BCUT2D eigenvalue weighted by Crippen LogP contribution is -2.50. The predicted molar refractivity (Wildman–Crippen MR) is 170 cm³/mol. The Balaban J connectivity index is 1.61. The van der Waals surface area contributed by atoms with Crippen LogP contribution in [0.3, 0.4) is 0 Å². The van der Waals surface area contributed by atoms with Crippen molar-refractivity contribution >= 4 is 11.8 Å². The lowest BCUT2D eigenvalue weighted by Gasteiger charge is -2.40. The van der Waals surface area contributed by atoms with E-state index in [1.807, 2.05) is 13.8 Å². The number of aliphatic hydroxyl groups is 2. The van der Waals surface area contributed by atoms with Crippen LogP contribution in [0.2, 0.25) is 0 Å². The molecule has 2 aromatic carbocycles. The quantitative estimate of drug-likeness (QED) is 0.183. The van der Waals surface area contributed by atoms with Crippen LogP contribution in [0, 0.1) is 11.6 Å². The Hall–Kier alpha value is -3.81. The first-order chi connectivity index (χ1) is 22.8. The van der Waals surface area contributed by atoms with Gasteiger partial charge in [-0.25, -0.2) is 8.78 Å². The number of amides is 2. The standard InChI is InChI=1S/C35H43F5N4O4/c1-3-13-44(14-4-2)33(48)23-17-28(42-30(46)18-23)32(47)43-31(22-15-26(36)20-27(37)16-22)29(45)21-41-34(11-6-5-7-12-34)24-9-8-10-25(19-24)35(38,39)40/h8-10,15-20,29-31,41-42,45-46H,3-7,11-14,21H2,1-2H3,(H,43,47)/t29-,30?,31+/m1/s1. The lowest BCUT2D eigenvalue weighted by molar-refractivity contribution is -0.137. The van der Waals surface area contributed by atoms with Crippen molar-refractivity contribution in [2.45, 2.75) is 88.9 Å². The monoisotopic (exact) mass is 678 g/mol. The first-order valence-electron chi connectivity index (χ1n) is 16.3. The minimum atomic E-state index is -4.55. The summed E-state index contributed by atoms with van der Waals surface area (Å²) in [4.78, 5) is 28.4. The molecule has 4 rings (SSSR count). The maximum absolute atomic E-state index is 14.4. The SMILES string of the molecule is CCCN(CCC)C(=O)C1=CC(O)NC(C(=O)N[C@@H](c2cc(F)cc(F)c2)[C@H](O)CNC2(c3cccc(C(F)(F)F)c3)CCCCC2)=C1. The van der Waals surface area contributed by atoms with E-state index in [-0.39, 0.29) is 29.3 Å². The zero-order valence-electron chi connectivity index (χ0n) is 27.0. The summed E-state index contributed by atoms with van der Waals surface area (Å²) in [7, 11) is 0. The fraction of sp³-hybridized carbons (Fsp3) is 0.486. The van der Waals surface area contributed by atoms with Crippen molar-refractivity contribution in [3.05, 3.63) is 94.2 Å². The summed E-state index contributed by atoms with van der Waals surface area (Å²) in [5, 5.41) is 30.3. The highest BCUT2D eigenvalue weighted by Crippen LogP contribution is 2.40. The Morgan fingerprint density at radius 3 is 2.27 bits per heavy atom. The first-order valence-corrected chi connectivity index (χ1v) is 16.3. The van der Waals surface area contributed by atoms with Crippen LogP contribution in [-0.2, 0) is 21.3 Å². The number of carbonyl (C=O) groups excluding carboxylic acids is 2. The largest absolute Gasteiger partial charge is 0.416 e. The van der Waals surface area contributed by atoms with E-state index in [1.54, 1.807) is 11.0 Å². The molecule has 2 aromatic rings. The molecule has 1 unspecified atom stereocenters. The van der Waals surface area contributed by atoms with Gasteiger partial charge in [0.2, 0.25) is 0 Å². The number of dihydropyridines is 1. The van der Waals surface area contributed by atoms with E-state index in [0.717, 1.165) is 43.5 Å². The Morgan fingerprint density at radius 1 is 1.02 bits per heavy atom. The summed E-state index contributed by atoms with van der Waals surface area (Å²) in [5.74, 6) is -3.16. The van der Waals surface area contributed by atoms with Crippen LogP contribution in [0.5, 0.6) is 0 Å². The van der Waals surface area contributed by atoms with Crippen LogP contribution in [0.4, 0.5) is 22.0 Å². The molecule has 1 aliphatic heterocycles. The summed E-state index contributed by atoms with van der Waals surface area (Å²) in [6.07, 6.45) is -0.241. The number of hydrogen-bond donors (Lipinski definition) is 5. The molecular weight excluding hydrogens is 635 g/mol. The van der Waals surface area contributed by atoms with Gasteiger partial charge in [0.05, 0.1) is 17.7 Å². The Labute approximate surface area is 277 Å². The molecule has 0 aromatic heterocycles. The van der Waals surface area contributed by atoms with Gasteiger partial charge in [-0.15, -0.1) is 0 Å². The van der Waals surface area contributed by atoms with Gasteiger partial charge in [-0.05, 0) is 73.2 Å².